The van der Waals surface area contributed by atoms with Gasteiger partial charge < -0.3 is 14.8 Å². The van der Waals surface area contributed by atoms with Gasteiger partial charge in [-0.1, -0.05) is 0 Å². The maximum absolute atomic E-state index is 12.2. The maximum atomic E-state index is 12.2. The minimum Gasteiger partial charge on any atom is -0.497 e. The Labute approximate surface area is 138 Å². The van der Waals surface area contributed by atoms with E-state index in [1.54, 1.807) is 31.4 Å². The minimum atomic E-state index is -4.39. The fourth-order valence-electron chi connectivity index (χ4n) is 2.65. The van der Waals surface area contributed by atoms with E-state index in [1.165, 1.54) is 0 Å². The van der Waals surface area contributed by atoms with E-state index >= 15 is 0 Å². The van der Waals surface area contributed by atoms with E-state index in [-0.39, 0.29) is 0 Å². The summed E-state index contributed by atoms with van der Waals surface area (Å²) in [5, 5.41) is 1.95. The van der Waals surface area contributed by atoms with Crippen molar-refractivity contribution in [2.24, 2.45) is 0 Å². The van der Waals surface area contributed by atoms with Crippen LogP contribution in [-0.2, 0) is 4.79 Å². The number of hydrogen-bond acceptors (Lipinski definition) is 4. The first-order valence-corrected chi connectivity index (χ1v) is 7.74. The zero-order valence-electron chi connectivity index (χ0n) is 13.4. The second-order valence-electron chi connectivity index (χ2n) is 5.55. The van der Waals surface area contributed by atoms with Crippen LogP contribution in [0.2, 0.25) is 0 Å². The first-order valence-electron chi connectivity index (χ1n) is 7.74. The smallest absolute Gasteiger partial charge is 0.405 e. The molecule has 1 saturated heterocycles. The Kier molecular flexibility index (Phi) is 6.30. The first kappa shape index (κ1) is 18.4. The van der Waals surface area contributed by atoms with Gasteiger partial charge in [0.2, 0.25) is 5.91 Å². The summed E-state index contributed by atoms with van der Waals surface area (Å²) in [6.07, 6.45) is -3.05. The van der Waals surface area contributed by atoms with Crippen molar-refractivity contribution in [3.8, 4) is 11.5 Å². The van der Waals surface area contributed by atoms with Crippen LogP contribution in [0.15, 0.2) is 24.3 Å². The van der Waals surface area contributed by atoms with E-state index in [1.807, 2.05) is 10.2 Å². The molecule has 0 bridgehead atoms. The average molecular weight is 346 g/mol. The Hall–Kier alpha value is -1.96. The van der Waals surface area contributed by atoms with E-state index < -0.39 is 24.7 Å². The lowest BCUT2D eigenvalue weighted by molar-refractivity contribution is -0.141. The Morgan fingerprint density at radius 1 is 1.29 bits per heavy atom. The highest BCUT2D eigenvalue weighted by Gasteiger charge is 2.33. The molecule has 8 heteroatoms. The Bertz CT molecular complexity index is 534. The highest BCUT2D eigenvalue weighted by molar-refractivity contribution is 5.82. The molecule has 0 unspecified atom stereocenters. The molecule has 1 aromatic carbocycles. The summed E-state index contributed by atoms with van der Waals surface area (Å²) in [6, 6.07) is 6.58. The fraction of sp³-hybridized carbons (Fsp3) is 0.562. The second kappa shape index (κ2) is 8.23. The van der Waals surface area contributed by atoms with Gasteiger partial charge in [-0.3, -0.25) is 9.69 Å². The van der Waals surface area contributed by atoms with E-state index in [4.69, 9.17) is 9.47 Å². The molecule has 5 nitrogen and oxygen atoms in total. The van der Waals surface area contributed by atoms with Crippen LogP contribution in [0.4, 0.5) is 13.2 Å². The van der Waals surface area contributed by atoms with Gasteiger partial charge in [0, 0.05) is 6.54 Å². The third-order valence-electron chi connectivity index (χ3n) is 3.84. The van der Waals surface area contributed by atoms with Crippen LogP contribution >= 0.6 is 0 Å². The number of likely N-dealkylation sites (tertiary alicyclic amines) is 1. The van der Waals surface area contributed by atoms with Crippen molar-refractivity contribution >= 4 is 5.91 Å². The molecule has 24 heavy (non-hydrogen) atoms. The van der Waals surface area contributed by atoms with Crippen LogP contribution in [0.1, 0.15) is 12.8 Å². The molecule has 1 aliphatic rings. The summed E-state index contributed by atoms with van der Waals surface area (Å²) in [6.45, 7) is 0.222. The summed E-state index contributed by atoms with van der Waals surface area (Å²) < 4.78 is 47.2. The molecule has 1 atom stereocenters. The molecule has 1 amide bonds. The lowest BCUT2D eigenvalue weighted by Crippen LogP contribution is -2.46. The molecular weight excluding hydrogens is 325 g/mol. The first-order chi connectivity index (χ1) is 11.4. The minimum absolute atomic E-state index is 0.357. The van der Waals surface area contributed by atoms with Gasteiger partial charge in [0.05, 0.1) is 13.2 Å². The molecule has 134 valence electrons. The highest BCUT2D eigenvalue weighted by atomic mass is 19.4. The number of alkyl halides is 3. The number of rotatable bonds is 7. The van der Waals surface area contributed by atoms with Crippen LogP contribution < -0.4 is 14.8 Å². The van der Waals surface area contributed by atoms with Crippen molar-refractivity contribution < 1.29 is 27.4 Å². The van der Waals surface area contributed by atoms with Crippen LogP contribution in [-0.4, -0.2) is 56.4 Å². The number of ether oxygens (including phenoxy) is 2. The largest absolute Gasteiger partial charge is 0.497 e. The van der Waals surface area contributed by atoms with Crippen molar-refractivity contribution in [3.63, 3.8) is 0 Å². The van der Waals surface area contributed by atoms with Gasteiger partial charge in [0.25, 0.3) is 0 Å². The van der Waals surface area contributed by atoms with Gasteiger partial charge in [-0.2, -0.15) is 13.2 Å². The number of halogens is 3. The highest BCUT2D eigenvalue weighted by Crippen LogP contribution is 2.20. The molecule has 1 fully saturated rings. The summed E-state index contributed by atoms with van der Waals surface area (Å²) in [5.74, 6) is 0.825. The number of hydrogen-bond donors (Lipinski definition) is 1. The third-order valence-corrected chi connectivity index (χ3v) is 3.84. The quantitative estimate of drug-likeness (QED) is 0.823. The summed E-state index contributed by atoms with van der Waals surface area (Å²) in [7, 11) is 1.58. The van der Waals surface area contributed by atoms with Gasteiger partial charge in [0.1, 0.15) is 24.7 Å². The number of methoxy groups -OCH3 is 1. The maximum Gasteiger partial charge on any atom is 0.405 e. The molecule has 0 aromatic heterocycles. The predicted molar refractivity (Wildman–Crippen MR) is 82.1 cm³/mol. The number of benzene rings is 1. The fourth-order valence-corrected chi connectivity index (χ4v) is 2.65. The monoisotopic (exact) mass is 346 g/mol. The summed E-state index contributed by atoms with van der Waals surface area (Å²) >= 11 is 0. The van der Waals surface area contributed by atoms with Gasteiger partial charge in [0.15, 0.2) is 0 Å². The SMILES string of the molecule is COc1ccc(OCCN2CCC[C@H]2C(=O)NCC(F)(F)F)cc1. The third kappa shape index (κ3) is 5.59. The number of amides is 1. The molecule has 0 radical (unpaired) electrons. The Morgan fingerprint density at radius 2 is 1.96 bits per heavy atom. The molecule has 0 aliphatic carbocycles. The van der Waals surface area contributed by atoms with E-state index in [0.717, 1.165) is 12.2 Å². The lowest BCUT2D eigenvalue weighted by atomic mass is 10.2. The van der Waals surface area contributed by atoms with Crippen LogP contribution in [0.3, 0.4) is 0 Å². The molecule has 1 aliphatic heterocycles. The number of carbonyl (C=O) groups is 1. The number of nitrogens with zero attached hydrogens (tertiary/aromatic N) is 1. The number of nitrogens with one attached hydrogen (secondary N) is 1. The lowest BCUT2D eigenvalue weighted by Gasteiger charge is -2.23. The van der Waals surface area contributed by atoms with E-state index in [9.17, 15) is 18.0 Å². The second-order valence-corrected chi connectivity index (χ2v) is 5.55. The Balaban J connectivity index is 1.77. The predicted octanol–water partition coefficient (Wildman–Crippen LogP) is 2.22. The van der Waals surface area contributed by atoms with Crippen LogP contribution in [0.25, 0.3) is 0 Å². The summed E-state index contributed by atoms with van der Waals surface area (Å²) in [4.78, 5) is 13.8. The molecule has 1 heterocycles. The van der Waals surface area contributed by atoms with Crippen molar-refractivity contribution in [2.75, 3.05) is 33.4 Å². The molecule has 2 rings (SSSR count). The number of carbonyl (C=O) groups excluding carboxylic acids is 1. The van der Waals surface area contributed by atoms with Crippen molar-refractivity contribution in [2.45, 2.75) is 25.1 Å². The molecular formula is C16H21F3N2O3. The molecule has 0 saturated carbocycles. The van der Waals surface area contributed by atoms with Crippen molar-refractivity contribution in [1.82, 2.24) is 10.2 Å². The zero-order valence-corrected chi connectivity index (χ0v) is 13.4. The van der Waals surface area contributed by atoms with E-state index in [0.29, 0.717) is 31.9 Å². The van der Waals surface area contributed by atoms with E-state index in [2.05, 4.69) is 0 Å². The van der Waals surface area contributed by atoms with Crippen molar-refractivity contribution in [3.05, 3.63) is 24.3 Å². The molecule has 1 N–H and O–H groups in total. The van der Waals surface area contributed by atoms with Crippen molar-refractivity contribution in [1.29, 1.82) is 0 Å². The van der Waals surface area contributed by atoms with Crippen LogP contribution in [0, 0.1) is 0 Å². The van der Waals surface area contributed by atoms with Gasteiger partial charge in [-0.15, -0.1) is 0 Å². The Morgan fingerprint density at radius 3 is 2.58 bits per heavy atom. The van der Waals surface area contributed by atoms with Gasteiger partial charge in [-0.05, 0) is 43.7 Å². The normalized spacial score (nSPS) is 18.4. The average Bonchev–Trinajstić information content (AvgIpc) is 3.01. The van der Waals surface area contributed by atoms with Gasteiger partial charge in [-0.25, -0.2) is 0 Å². The van der Waals surface area contributed by atoms with Crippen LogP contribution in [0.5, 0.6) is 11.5 Å². The molecule has 0 spiro atoms. The standard InChI is InChI=1S/C16H21F3N2O3/c1-23-12-4-6-13(7-5-12)24-10-9-21-8-2-3-14(21)15(22)20-11-16(17,18)19/h4-7,14H,2-3,8-11H2,1H3,(H,20,22)/t14-/m0/s1. The van der Waals surface area contributed by atoms with Gasteiger partial charge >= 0.3 is 6.18 Å². The molecule has 1 aromatic rings. The summed E-state index contributed by atoms with van der Waals surface area (Å²) in [5.41, 5.74) is 0. The topological polar surface area (TPSA) is 50.8 Å². The zero-order chi connectivity index (χ0) is 17.6.